The van der Waals surface area contributed by atoms with Gasteiger partial charge in [-0.2, -0.15) is 0 Å². The van der Waals surface area contributed by atoms with Crippen LogP contribution in [0.1, 0.15) is 104 Å². The maximum Gasteiger partial charge on any atom is 0.0562 e. The van der Waals surface area contributed by atoms with Gasteiger partial charge in [-0.25, -0.2) is 0 Å². The van der Waals surface area contributed by atoms with Crippen molar-refractivity contribution in [1.29, 1.82) is 0 Å². The first kappa shape index (κ1) is 32.5. The quantitative estimate of drug-likeness (QED) is 0.296. The fourth-order valence-corrected chi connectivity index (χ4v) is 304. The van der Waals surface area contributed by atoms with Crippen LogP contribution in [0.2, 0.25) is 64.5 Å². The van der Waals surface area contributed by atoms with Gasteiger partial charge in [-0.05, 0) is 39.0 Å². The molecule has 0 bridgehead atoms. The van der Waals surface area contributed by atoms with Gasteiger partial charge < -0.3 is 0 Å². The van der Waals surface area contributed by atoms with E-state index in [1.807, 2.05) is 0 Å². The Bertz CT molecular complexity index is 769. The van der Waals surface area contributed by atoms with Crippen molar-refractivity contribution in [2.75, 3.05) is 0 Å². The number of hydrogen-bond donors (Lipinski definition) is 0. The molecule has 1 aliphatic rings. The Morgan fingerprint density at radius 1 is 0.424 bits per heavy atom. The third kappa shape index (κ3) is 4.66. The third-order valence-corrected chi connectivity index (χ3v) is 164. The molecule has 0 amide bonds. The molecule has 0 unspecified atom stereocenters. The van der Waals surface area contributed by atoms with Crippen molar-refractivity contribution in [2.24, 2.45) is 0 Å². The summed E-state index contributed by atoms with van der Waals surface area (Å²) in [5.74, 6) is 0. The second kappa shape index (κ2) is 8.51. The smallest absolute Gasteiger partial charge is 0.0562 e. The molecule has 1 heterocycles. The Labute approximate surface area is 218 Å². The van der Waals surface area contributed by atoms with Gasteiger partial charge >= 0.3 is 0 Å². The van der Waals surface area contributed by atoms with Crippen LogP contribution in [0.4, 0.5) is 0 Å². The molecule has 0 saturated carbocycles. The van der Waals surface area contributed by atoms with E-state index in [0.29, 0.717) is 25.2 Å². The molecule has 195 valence electrons. The van der Waals surface area contributed by atoms with Crippen LogP contribution >= 0.6 is 0 Å². The summed E-state index contributed by atoms with van der Waals surface area (Å²) in [7, 11) is -6.09. The molecule has 33 heavy (non-hydrogen) atoms. The zero-order chi connectivity index (χ0) is 27.2. The van der Waals surface area contributed by atoms with E-state index in [-0.39, 0.29) is 21.2 Å². The highest BCUT2D eigenvalue weighted by Crippen LogP contribution is 2.63. The lowest BCUT2D eigenvalue weighted by Crippen LogP contribution is -2.97. The van der Waals surface area contributed by atoms with E-state index in [1.165, 1.54) is 0 Å². The Hall–Kier alpha value is 1.52. The van der Waals surface area contributed by atoms with Gasteiger partial charge in [0.2, 0.25) is 0 Å². The van der Waals surface area contributed by atoms with Crippen LogP contribution in [0.15, 0.2) is 0 Å². The molecule has 1 radical (unpaired) electrons. The SMILES string of the molecule is CC(C)(C)[Si](C)(C)[Si]1[Si]([Si](C)(C)C(C)(C)C)=[Si]([Si](C)(C)C(C)(C)C)[Si]1(C(C)(C)C)C(C)(C)C. The van der Waals surface area contributed by atoms with Crippen molar-refractivity contribution >= 4 is 51.1 Å². The average Bonchev–Trinajstić information content (AvgIpc) is 2.37. The normalized spacial score (nSPS) is 20.3. The lowest BCUT2D eigenvalue weighted by atomic mass is 10.2. The predicted molar refractivity (Wildman–Crippen MR) is 174 cm³/mol. The first-order chi connectivity index (χ1) is 13.9. The fraction of sp³-hybridized carbons (Fsp3) is 1.00. The van der Waals surface area contributed by atoms with Crippen molar-refractivity contribution in [3.63, 3.8) is 0 Å². The van der Waals surface area contributed by atoms with Gasteiger partial charge in [0.1, 0.15) is 0 Å². The zero-order valence-corrected chi connectivity index (χ0v) is 34.0. The topological polar surface area (TPSA) is 0 Å². The minimum atomic E-state index is -1.54. The van der Waals surface area contributed by atoms with Gasteiger partial charge in [0.15, 0.2) is 0 Å². The number of rotatable bonds is 3. The Kier molecular flexibility index (Phi) is 8.40. The monoisotopic (exact) mass is 571 g/mol. The third-order valence-electron chi connectivity index (χ3n) is 11.0. The number of hydrogen-bond acceptors (Lipinski definition) is 0. The Balaban J connectivity index is 4.57. The van der Waals surface area contributed by atoms with Crippen LogP contribution in [0.5, 0.6) is 0 Å². The van der Waals surface area contributed by atoms with Crippen LogP contribution in [0, 0.1) is 0 Å². The first-order valence-corrected chi connectivity index (χ1v) is 36.0. The second-order valence-corrected chi connectivity index (χ2v) is 83.2. The molecule has 0 aromatic heterocycles. The van der Waals surface area contributed by atoms with Crippen molar-refractivity contribution < 1.29 is 0 Å². The molecular weight excluding hydrogens is 509 g/mol. The fourth-order valence-electron chi connectivity index (χ4n) is 6.50. The van der Waals surface area contributed by atoms with E-state index >= 15 is 0 Å². The van der Waals surface area contributed by atoms with E-state index in [2.05, 4.69) is 143 Å². The summed E-state index contributed by atoms with van der Waals surface area (Å²) in [6.07, 6.45) is 0. The van der Waals surface area contributed by atoms with Gasteiger partial charge in [-0.15, -0.1) is 0 Å². The summed E-state index contributed by atoms with van der Waals surface area (Å²) in [5, 5.41) is 2.66. The summed E-state index contributed by atoms with van der Waals surface area (Å²) in [6, 6.07) is 0. The van der Waals surface area contributed by atoms with Gasteiger partial charge in [0.25, 0.3) is 0 Å². The standard InChI is InChI=1S/C26H63Si7/c1-22(2,3)30(16,17)27-28(31(18,19)23(4,5)6)33(25(10,11)12,26(13,14)15)29(27)32(20,21)24(7,8)9/h1-21H3. The first-order valence-electron chi connectivity index (χ1n) is 13.5. The maximum atomic E-state index is 2.91. The molecular formula is C26H63Si7. The van der Waals surface area contributed by atoms with Gasteiger partial charge in [-0.3, -0.25) is 0 Å². The van der Waals surface area contributed by atoms with E-state index in [0.717, 1.165) is 0 Å². The molecule has 1 aliphatic heterocycles. The van der Waals surface area contributed by atoms with Crippen LogP contribution in [-0.2, 0) is 0 Å². The molecule has 0 aromatic carbocycles. The molecule has 0 atom stereocenters. The summed E-state index contributed by atoms with van der Waals surface area (Å²) in [4.78, 5) is 0. The molecule has 7 heteroatoms. The van der Waals surface area contributed by atoms with E-state index in [1.54, 1.807) is 0 Å². The van der Waals surface area contributed by atoms with Crippen LogP contribution in [-0.4, -0.2) is 51.1 Å². The zero-order valence-electron chi connectivity index (χ0n) is 27.0. The maximum absolute atomic E-state index is 2.91. The van der Waals surface area contributed by atoms with E-state index < -0.39 is 29.9 Å². The van der Waals surface area contributed by atoms with E-state index in [4.69, 9.17) is 0 Å². The van der Waals surface area contributed by atoms with Crippen molar-refractivity contribution in [3.8, 4) is 0 Å². The summed E-state index contributed by atoms with van der Waals surface area (Å²) < 4.78 is 0. The predicted octanol–water partition coefficient (Wildman–Crippen LogP) is 9.61. The summed E-state index contributed by atoms with van der Waals surface area (Å²) in [6.45, 7) is 57.2. The van der Waals surface area contributed by atoms with E-state index in [9.17, 15) is 0 Å². The highest BCUT2D eigenvalue weighted by molar-refractivity contribution is 8.14. The molecule has 0 nitrogen and oxygen atoms in total. The lowest BCUT2D eigenvalue weighted by Gasteiger charge is -2.74. The largest absolute Gasteiger partial charge is 0.0713 e. The minimum Gasteiger partial charge on any atom is -0.0713 e. The van der Waals surface area contributed by atoms with Gasteiger partial charge in [0.05, 0.1) is 22.3 Å². The Morgan fingerprint density at radius 2 is 0.697 bits per heavy atom. The molecule has 0 aromatic rings. The average molecular weight is 572 g/mol. The molecule has 0 spiro atoms. The van der Waals surface area contributed by atoms with Crippen molar-refractivity contribution in [3.05, 3.63) is 0 Å². The second-order valence-electron chi connectivity index (χ2n) is 18.0. The van der Waals surface area contributed by atoms with Crippen molar-refractivity contribution in [1.82, 2.24) is 0 Å². The summed E-state index contributed by atoms with van der Waals surface area (Å²) >= 11 is 0. The van der Waals surface area contributed by atoms with Crippen LogP contribution in [0.25, 0.3) is 0 Å². The van der Waals surface area contributed by atoms with Gasteiger partial charge in [-0.1, -0.05) is 143 Å². The molecule has 1 rings (SSSR count). The van der Waals surface area contributed by atoms with Crippen molar-refractivity contribution in [2.45, 2.75) is 168 Å². The molecule has 0 saturated heterocycles. The van der Waals surface area contributed by atoms with Gasteiger partial charge in [0, 0.05) is 14.9 Å². The molecule has 0 aliphatic carbocycles. The lowest BCUT2D eigenvalue weighted by molar-refractivity contribution is 0.648. The Morgan fingerprint density at radius 3 is 0.909 bits per heavy atom. The summed E-state index contributed by atoms with van der Waals surface area (Å²) in [5.41, 5.74) is 0. The molecule has 0 fully saturated rings. The van der Waals surface area contributed by atoms with Crippen LogP contribution < -0.4 is 0 Å². The van der Waals surface area contributed by atoms with Crippen LogP contribution in [0.3, 0.4) is 0 Å². The minimum absolute atomic E-state index is 0.280. The highest BCUT2D eigenvalue weighted by Gasteiger charge is 2.76. The molecule has 0 N–H and O–H groups in total. The highest BCUT2D eigenvalue weighted by atomic mass is 30.3.